The summed E-state index contributed by atoms with van der Waals surface area (Å²) in [4.78, 5) is 10.1. The van der Waals surface area contributed by atoms with Crippen LogP contribution < -0.4 is 10.6 Å². The normalized spacial score (nSPS) is 11.2. The molecule has 0 fully saturated rings. The average molecular weight is 452 g/mol. The molecule has 0 radical (unpaired) electrons. The van der Waals surface area contributed by atoms with Gasteiger partial charge in [-0.1, -0.05) is 24.3 Å². The van der Waals surface area contributed by atoms with Crippen LogP contribution in [0.1, 0.15) is 16.1 Å². The molecule has 2 N–H and O–H groups in total. The van der Waals surface area contributed by atoms with Crippen LogP contribution in [0, 0.1) is 6.92 Å². The molecular formula is C18H21IN4S. The summed E-state index contributed by atoms with van der Waals surface area (Å²) in [5.74, 6) is 0.785. The molecule has 3 rings (SSSR count). The quantitative estimate of drug-likeness (QED) is 0.356. The predicted octanol–water partition coefficient (Wildman–Crippen LogP) is 4.09. The summed E-state index contributed by atoms with van der Waals surface area (Å²) in [6.07, 6.45) is 1.85. The van der Waals surface area contributed by atoms with Crippen LogP contribution in [0.15, 0.2) is 53.0 Å². The Balaban J connectivity index is 0.00000208. The number of benzene rings is 1. The van der Waals surface area contributed by atoms with Gasteiger partial charge in [-0.2, -0.15) is 0 Å². The minimum atomic E-state index is 0. The fourth-order valence-electron chi connectivity index (χ4n) is 2.46. The number of halogens is 1. The van der Waals surface area contributed by atoms with Crippen LogP contribution in [0.5, 0.6) is 0 Å². The molecule has 6 heteroatoms. The Morgan fingerprint density at radius 1 is 1.12 bits per heavy atom. The van der Waals surface area contributed by atoms with Gasteiger partial charge in [0.05, 0.1) is 18.8 Å². The number of aryl methyl sites for hydroxylation is 1. The van der Waals surface area contributed by atoms with Gasteiger partial charge in [0.1, 0.15) is 0 Å². The van der Waals surface area contributed by atoms with Gasteiger partial charge in [0.25, 0.3) is 0 Å². The third-order valence-corrected chi connectivity index (χ3v) is 4.81. The van der Waals surface area contributed by atoms with Crippen LogP contribution in [-0.4, -0.2) is 18.0 Å². The Morgan fingerprint density at radius 2 is 1.92 bits per heavy atom. The lowest BCUT2D eigenvalue weighted by molar-refractivity contribution is 0.802. The molecule has 2 aromatic heterocycles. The second-order valence-corrected chi connectivity index (χ2v) is 6.29. The number of pyridine rings is 1. The van der Waals surface area contributed by atoms with Gasteiger partial charge >= 0.3 is 0 Å². The fraction of sp³-hybridized carbons (Fsp3) is 0.222. The topological polar surface area (TPSA) is 49.3 Å². The summed E-state index contributed by atoms with van der Waals surface area (Å²) in [5, 5.41) is 11.2. The monoisotopic (exact) mass is 452 g/mol. The summed E-state index contributed by atoms with van der Waals surface area (Å²) in [5.41, 5.74) is 2.34. The van der Waals surface area contributed by atoms with Crippen LogP contribution in [0.25, 0.3) is 10.8 Å². The maximum Gasteiger partial charge on any atom is 0.191 e. The van der Waals surface area contributed by atoms with Crippen molar-refractivity contribution in [2.75, 3.05) is 7.05 Å². The molecule has 126 valence electrons. The van der Waals surface area contributed by atoms with E-state index >= 15 is 0 Å². The van der Waals surface area contributed by atoms with Crippen LogP contribution in [0.3, 0.4) is 0 Å². The van der Waals surface area contributed by atoms with Crippen molar-refractivity contribution in [3.8, 4) is 0 Å². The second kappa shape index (κ2) is 8.98. The van der Waals surface area contributed by atoms with E-state index < -0.39 is 0 Å². The number of rotatable bonds is 4. The largest absolute Gasteiger partial charge is 0.352 e. The van der Waals surface area contributed by atoms with Crippen LogP contribution in [-0.2, 0) is 13.1 Å². The van der Waals surface area contributed by atoms with Gasteiger partial charge in [-0.15, -0.1) is 35.3 Å². The maximum absolute atomic E-state index is 4.49. The Kier molecular flexibility index (Phi) is 6.99. The van der Waals surface area contributed by atoms with E-state index in [1.54, 1.807) is 18.4 Å². The molecule has 24 heavy (non-hydrogen) atoms. The predicted molar refractivity (Wildman–Crippen MR) is 113 cm³/mol. The van der Waals surface area contributed by atoms with E-state index in [1.807, 2.05) is 24.4 Å². The number of aliphatic imine (C=N–C) groups is 1. The Morgan fingerprint density at radius 3 is 2.67 bits per heavy atom. The van der Waals surface area contributed by atoms with Crippen molar-refractivity contribution in [2.45, 2.75) is 20.0 Å². The molecule has 0 saturated heterocycles. The van der Waals surface area contributed by atoms with Crippen molar-refractivity contribution in [1.82, 2.24) is 15.6 Å². The third-order valence-electron chi connectivity index (χ3n) is 3.79. The molecule has 2 heterocycles. The zero-order valence-electron chi connectivity index (χ0n) is 13.7. The van der Waals surface area contributed by atoms with Crippen molar-refractivity contribution < 1.29 is 0 Å². The number of nitrogens with zero attached hydrogens (tertiary/aromatic N) is 2. The standard InChI is InChI=1S/C18H20N4S.HI/c1-13-8-10-23-17(13)12-22-18(19-2)21-11-16-15-6-4-3-5-14(15)7-9-20-16;/h3-10H,11-12H2,1-2H3,(H2,19,21,22);1H. The van der Waals surface area contributed by atoms with E-state index in [0.717, 1.165) is 18.2 Å². The van der Waals surface area contributed by atoms with E-state index in [1.165, 1.54) is 21.2 Å². The first-order valence-electron chi connectivity index (χ1n) is 7.58. The minimum absolute atomic E-state index is 0. The van der Waals surface area contributed by atoms with Gasteiger partial charge in [0, 0.05) is 23.5 Å². The van der Waals surface area contributed by atoms with E-state index in [-0.39, 0.29) is 24.0 Å². The average Bonchev–Trinajstić information content (AvgIpc) is 3.00. The zero-order valence-corrected chi connectivity index (χ0v) is 16.9. The van der Waals surface area contributed by atoms with Gasteiger partial charge < -0.3 is 10.6 Å². The summed E-state index contributed by atoms with van der Waals surface area (Å²) < 4.78 is 0. The van der Waals surface area contributed by atoms with Crippen molar-refractivity contribution in [3.05, 3.63) is 64.1 Å². The molecule has 0 atom stereocenters. The molecule has 4 nitrogen and oxygen atoms in total. The third kappa shape index (κ3) is 4.45. The highest BCUT2D eigenvalue weighted by Gasteiger charge is 2.05. The molecule has 3 aromatic rings. The molecule has 0 amide bonds. The van der Waals surface area contributed by atoms with Gasteiger partial charge in [0.15, 0.2) is 5.96 Å². The SMILES string of the molecule is CN=C(NCc1sccc1C)NCc1nccc2ccccc12.I. The van der Waals surface area contributed by atoms with Crippen LogP contribution >= 0.6 is 35.3 Å². The highest BCUT2D eigenvalue weighted by Crippen LogP contribution is 2.16. The van der Waals surface area contributed by atoms with Crippen LogP contribution in [0.4, 0.5) is 0 Å². The minimum Gasteiger partial charge on any atom is -0.352 e. The Bertz CT molecular complexity index is 823. The highest BCUT2D eigenvalue weighted by atomic mass is 127. The molecule has 0 aliphatic heterocycles. The summed E-state index contributed by atoms with van der Waals surface area (Å²) in [6, 6.07) is 12.5. The lowest BCUT2D eigenvalue weighted by Gasteiger charge is -2.12. The van der Waals surface area contributed by atoms with Crippen molar-refractivity contribution in [3.63, 3.8) is 0 Å². The molecule has 0 unspecified atom stereocenters. The summed E-state index contributed by atoms with van der Waals surface area (Å²) in [6.45, 7) is 3.56. The lowest BCUT2D eigenvalue weighted by Crippen LogP contribution is -2.36. The number of fused-ring (bicyclic) bond motifs is 1. The number of hydrogen-bond acceptors (Lipinski definition) is 3. The van der Waals surface area contributed by atoms with Gasteiger partial charge in [0.2, 0.25) is 0 Å². The van der Waals surface area contributed by atoms with E-state index in [9.17, 15) is 0 Å². The summed E-state index contributed by atoms with van der Waals surface area (Å²) in [7, 11) is 1.78. The highest BCUT2D eigenvalue weighted by molar-refractivity contribution is 14.0. The first kappa shape index (κ1) is 18.7. The molecule has 0 aliphatic rings. The van der Waals surface area contributed by atoms with E-state index in [0.29, 0.717) is 6.54 Å². The molecule has 0 spiro atoms. The first-order valence-corrected chi connectivity index (χ1v) is 8.46. The van der Waals surface area contributed by atoms with Crippen molar-refractivity contribution in [1.29, 1.82) is 0 Å². The molecule has 0 saturated carbocycles. The van der Waals surface area contributed by atoms with Gasteiger partial charge in [-0.3, -0.25) is 9.98 Å². The smallest absolute Gasteiger partial charge is 0.191 e. The number of guanidine groups is 1. The van der Waals surface area contributed by atoms with Gasteiger partial charge in [-0.25, -0.2) is 0 Å². The Hall–Kier alpha value is -1.67. The number of thiophene rings is 1. The first-order chi connectivity index (χ1) is 11.3. The van der Waals surface area contributed by atoms with Crippen molar-refractivity contribution in [2.24, 2.45) is 4.99 Å². The molecular weight excluding hydrogens is 431 g/mol. The molecule has 1 aromatic carbocycles. The molecule has 0 bridgehead atoms. The van der Waals surface area contributed by atoms with E-state index in [4.69, 9.17) is 0 Å². The molecule has 0 aliphatic carbocycles. The lowest BCUT2D eigenvalue weighted by atomic mass is 10.1. The van der Waals surface area contributed by atoms with Crippen LogP contribution in [0.2, 0.25) is 0 Å². The second-order valence-electron chi connectivity index (χ2n) is 5.28. The maximum atomic E-state index is 4.49. The fourth-order valence-corrected chi connectivity index (χ4v) is 3.31. The van der Waals surface area contributed by atoms with Gasteiger partial charge in [-0.05, 0) is 35.4 Å². The number of aromatic nitrogens is 1. The Labute approximate surface area is 163 Å². The van der Waals surface area contributed by atoms with E-state index in [2.05, 4.69) is 51.1 Å². The zero-order chi connectivity index (χ0) is 16.1. The van der Waals surface area contributed by atoms with Crippen molar-refractivity contribution >= 4 is 52.0 Å². The number of hydrogen-bond donors (Lipinski definition) is 2. The number of nitrogens with one attached hydrogen (secondary N) is 2. The summed E-state index contributed by atoms with van der Waals surface area (Å²) >= 11 is 1.76.